The Morgan fingerprint density at radius 3 is 2.31 bits per heavy atom. The molecule has 89 valence electrons. The summed E-state index contributed by atoms with van der Waals surface area (Å²) in [5.74, 6) is 1.06. The third-order valence-electron chi connectivity index (χ3n) is 3.03. The summed E-state index contributed by atoms with van der Waals surface area (Å²) in [7, 11) is 0. The summed E-state index contributed by atoms with van der Waals surface area (Å²) in [6.07, 6.45) is 1.01. The fourth-order valence-corrected chi connectivity index (χ4v) is 2.16. The maximum absolute atomic E-state index is 9.26. The average Bonchev–Trinajstić information content (AvgIpc) is 2.25. The topological polar surface area (TPSA) is 20.2 Å². The molecule has 0 bridgehead atoms. The average molecular weight is 219 g/mol. The molecule has 0 unspecified atom stereocenters. The van der Waals surface area contributed by atoms with Gasteiger partial charge in [0.1, 0.15) is 0 Å². The lowest BCUT2D eigenvalue weighted by Gasteiger charge is -2.26. The molecule has 0 saturated heterocycles. The van der Waals surface area contributed by atoms with Gasteiger partial charge in [0.05, 0.1) is 6.61 Å². The van der Waals surface area contributed by atoms with Crippen LogP contribution in [-0.4, -0.2) is 11.7 Å². The quantitative estimate of drug-likeness (QED) is 0.825. The maximum Gasteiger partial charge on any atom is 0.0534 e. The van der Waals surface area contributed by atoms with E-state index in [2.05, 4.69) is 45.9 Å². The predicted molar refractivity (Wildman–Crippen MR) is 69.6 cm³/mol. The molecule has 1 N–H and O–H groups in total. The zero-order chi connectivity index (χ0) is 12.3. The monoisotopic (exact) mass is 219 g/mol. The van der Waals surface area contributed by atoms with Crippen molar-refractivity contribution in [2.24, 2.45) is 0 Å². The summed E-state index contributed by atoms with van der Waals surface area (Å²) in [6.45, 7) is 11.0. The molecule has 0 spiro atoms. The third kappa shape index (κ3) is 2.65. The Hall–Kier alpha value is -0.820. The van der Waals surface area contributed by atoms with E-state index in [1.165, 1.54) is 16.7 Å². The molecule has 0 atom stereocenters. The van der Waals surface area contributed by atoms with Gasteiger partial charge in [0.2, 0.25) is 0 Å². The van der Waals surface area contributed by atoms with Crippen molar-refractivity contribution in [2.45, 2.75) is 46.5 Å². The van der Waals surface area contributed by atoms with Gasteiger partial charge in [-0.25, -0.2) is 0 Å². The summed E-state index contributed by atoms with van der Waals surface area (Å²) in [5, 5.41) is 9.26. The smallest absolute Gasteiger partial charge is 0.0534 e. The normalized spacial score (nSPS) is 12.2. The van der Waals surface area contributed by atoms with Crippen molar-refractivity contribution in [3.8, 4) is 0 Å². The van der Waals surface area contributed by atoms with Crippen molar-refractivity contribution in [2.75, 3.05) is 6.61 Å². The molecule has 0 aliphatic heterocycles. The molecule has 0 aliphatic carbocycles. The van der Waals surface area contributed by atoms with Crippen LogP contribution in [0.3, 0.4) is 0 Å². The van der Waals surface area contributed by atoms with Crippen molar-refractivity contribution in [3.63, 3.8) is 0 Å². The number of aliphatic hydroxyl groups is 1. The third-order valence-corrected chi connectivity index (χ3v) is 3.03. The maximum atomic E-state index is 9.26. The van der Waals surface area contributed by atoms with E-state index in [1.54, 1.807) is 0 Å². The Kier molecular flexibility index (Phi) is 4.15. The SMILES string of the molecule is CCc1c([C](C)CO)cccc1C(C)(C)C. The number of benzene rings is 1. The van der Waals surface area contributed by atoms with Crippen molar-refractivity contribution in [1.82, 2.24) is 0 Å². The Morgan fingerprint density at radius 2 is 1.88 bits per heavy atom. The standard InChI is InChI=1S/C15H23O/c1-6-12-13(11(2)10-16)8-7-9-14(12)15(3,4)5/h7-9,16H,6,10H2,1-5H3. The van der Waals surface area contributed by atoms with E-state index in [4.69, 9.17) is 0 Å². The minimum Gasteiger partial charge on any atom is -0.395 e. The molecule has 1 aromatic carbocycles. The second-order valence-corrected chi connectivity index (χ2v) is 5.37. The number of hydrogen-bond acceptors (Lipinski definition) is 1. The predicted octanol–water partition coefficient (Wildman–Crippen LogP) is 3.48. The van der Waals surface area contributed by atoms with Crippen LogP contribution in [0.15, 0.2) is 18.2 Å². The molecule has 0 fully saturated rings. The van der Waals surface area contributed by atoms with Gasteiger partial charge in [0.15, 0.2) is 0 Å². The second kappa shape index (κ2) is 5.01. The highest BCUT2D eigenvalue weighted by molar-refractivity contribution is 5.45. The van der Waals surface area contributed by atoms with E-state index in [-0.39, 0.29) is 12.0 Å². The molecule has 1 heteroatoms. The molecular formula is C15H23O. The molecule has 0 aliphatic rings. The van der Waals surface area contributed by atoms with Crippen molar-refractivity contribution in [1.29, 1.82) is 0 Å². The highest BCUT2D eigenvalue weighted by Crippen LogP contribution is 2.31. The summed E-state index contributed by atoms with van der Waals surface area (Å²) in [4.78, 5) is 0. The molecule has 16 heavy (non-hydrogen) atoms. The molecule has 1 radical (unpaired) electrons. The van der Waals surface area contributed by atoms with Crippen LogP contribution in [0, 0.1) is 5.92 Å². The zero-order valence-corrected chi connectivity index (χ0v) is 11.1. The minimum absolute atomic E-state index is 0.139. The van der Waals surface area contributed by atoms with E-state index in [0.29, 0.717) is 0 Å². The first-order valence-corrected chi connectivity index (χ1v) is 5.97. The molecule has 0 amide bonds. The van der Waals surface area contributed by atoms with Gasteiger partial charge in [0, 0.05) is 5.92 Å². The fraction of sp³-hybridized carbons (Fsp3) is 0.533. The summed E-state index contributed by atoms with van der Waals surface area (Å²) in [6, 6.07) is 6.40. The van der Waals surface area contributed by atoms with E-state index >= 15 is 0 Å². The van der Waals surface area contributed by atoms with Crippen molar-refractivity contribution >= 4 is 0 Å². The van der Waals surface area contributed by atoms with Gasteiger partial charge in [-0.15, -0.1) is 0 Å². The highest BCUT2D eigenvalue weighted by Gasteiger charge is 2.20. The molecule has 0 aromatic heterocycles. The Balaban J connectivity index is 3.32. The van der Waals surface area contributed by atoms with Crippen LogP contribution in [0.1, 0.15) is 51.3 Å². The van der Waals surface area contributed by atoms with E-state index < -0.39 is 0 Å². The van der Waals surface area contributed by atoms with Crippen LogP contribution in [-0.2, 0) is 11.8 Å². The molecule has 1 nitrogen and oxygen atoms in total. The Bertz CT molecular complexity index is 347. The van der Waals surface area contributed by atoms with Crippen LogP contribution < -0.4 is 0 Å². The van der Waals surface area contributed by atoms with Gasteiger partial charge in [-0.05, 0) is 28.5 Å². The minimum atomic E-state index is 0.139. The molecule has 0 heterocycles. The van der Waals surface area contributed by atoms with Gasteiger partial charge in [-0.1, -0.05) is 52.8 Å². The van der Waals surface area contributed by atoms with Crippen LogP contribution in [0.2, 0.25) is 0 Å². The van der Waals surface area contributed by atoms with Crippen molar-refractivity contribution < 1.29 is 5.11 Å². The van der Waals surface area contributed by atoms with Gasteiger partial charge >= 0.3 is 0 Å². The van der Waals surface area contributed by atoms with E-state index in [1.807, 2.05) is 6.92 Å². The number of aliphatic hydroxyl groups excluding tert-OH is 1. The zero-order valence-electron chi connectivity index (χ0n) is 11.1. The van der Waals surface area contributed by atoms with E-state index in [9.17, 15) is 5.11 Å². The van der Waals surface area contributed by atoms with Gasteiger partial charge in [-0.3, -0.25) is 0 Å². The number of rotatable bonds is 3. The lowest BCUT2D eigenvalue weighted by molar-refractivity contribution is 0.314. The van der Waals surface area contributed by atoms with Crippen molar-refractivity contribution in [3.05, 3.63) is 40.8 Å². The Labute approximate surface area is 99.5 Å². The first-order chi connectivity index (χ1) is 7.41. The lowest BCUT2D eigenvalue weighted by atomic mass is 9.79. The van der Waals surface area contributed by atoms with Crippen LogP contribution in [0.25, 0.3) is 0 Å². The van der Waals surface area contributed by atoms with Gasteiger partial charge in [-0.2, -0.15) is 0 Å². The molecular weight excluding hydrogens is 196 g/mol. The summed E-state index contributed by atoms with van der Waals surface area (Å²) < 4.78 is 0. The molecule has 0 saturated carbocycles. The van der Waals surface area contributed by atoms with Crippen LogP contribution in [0.4, 0.5) is 0 Å². The highest BCUT2D eigenvalue weighted by atomic mass is 16.3. The fourth-order valence-electron chi connectivity index (χ4n) is 2.16. The molecule has 1 rings (SSSR count). The summed E-state index contributed by atoms with van der Waals surface area (Å²) >= 11 is 0. The van der Waals surface area contributed by atoms with Gasteiger partial charge < -0.3 is 5.11 Å². The largest absolute Gasteiger partial charge is 0.395 e. The first kappa shape index (κ1) is 13.2. The number of hydrogen-bond donors (Lipinski definition) is 1. The second-order valence-electron chi connectivity index (χ2n) is 5.37. The lowest BCUT2D eigenvalue weighted by Crippen LogP contribution is -2.16. The molecule has 1 aromatic rings. The summed E-state index contributed by atoms with van der Waals surface area (Å²) in [5.41, 5.74) is 4.15. The van der Waals surface area contributed by atoms with E-state index in [0.717, 1.165) is 12.3 Å². The Morgan fingerprint density at radius 1 is 1.25 bits per heavy atom. The van der Waals surface area contributed by atoms with Gasteiger partial charge in [0.25, 0.3) is 0 Å². The van der Waals surface area contributed by atoms with Crippen LogP contribution in [0.5, 0.6) is 0 Å². The van der Waals surface area contributed by atoms with Crippen LogP contribution >= 0.6 is 0 Å². The first-order valence-electron chi connectivity index (χ1n) is 5.97.